The lowest BCUT2D eigenvalue weighted by atomic mass is 9.98. The lowest BCUT2D eigenvalue weighted by molar-refractivity contribution is -0.143. The molecule has 2 fully saturated rings. The molecule has 1 saturated carbocycles. The summed E-state index contributed by atoms with van der Waals surface area (Å²) in [6.45, 7) is 3.35. The molecule has 2 unspecified atom stereocenters. The second-order valence-corrected chi connectivity index (χ2v) is 8.37. The summed E-state index contributed by atoms with van der Waals surface area (Å²) in [5, 5.41) is 9.23. The number of carbonyl (C=O) groups is 4. The van der Waals surface area contributed by atoms with Gasteiger partial charge in [0.25, 0.3) is 5.91 Å². The fourth-order valence-electron chi connectivity index (χ4n) is 4.38. The summed E-state index contributed by atoms with van der Waals surface area (Å²) in [6.07, 6.45) is 2.45. The molecule has 1 saturated heterocycles. The summed E-state index contributed by atoms with van der Waals surface area (Å²) in [6, 6.07) is 7.00. The van der Waals surface area contributed by atoms with Gasteiger partial charge in [-0.3, -0.25) is 24.1 Å². The van der Waals surface area contributed by atoms with Gasteiger partial charge < -0.3 is 14.9 Å². The minimum absolute atomic E-state index is 0.0330. The van der Waals surface area contributed by atoms with Gasteiger partial charge in [-0.2, -0.15) is 0 Å². The van der Waals surface area contributed by atoms with Crippen molar-refractivity contribution >= 4 is 29.4 Å². The second-order valence-electron chi connectivity index (χ2n) is 8.37. The van der Waals surface area contributed by atoms with Crippen molar-refractivity contribution in [3.63, 3.8) is 0 Å². The molecule has 3 aliphatic rings. The summed E-state index contributed by atoms with van der Waals surface area (Å²) in [5.74, 6) is -2.25. The first kappa shape index (κ1) is 19.4. The minimum atomic E-state index is -0.953. The molecule has 1 aromatic rings. The highest BCUT2D eigenvalue weighted by Gasteiger charge is 2.53. The van der Waals surface area contributed by atoms with E-state index < -0.39 is 17.6 Å². The number of carboxylic acids is 1. The van der Waals surface area contributed by atoms with E-state index in [1.807, 2.05) is 6.92 Å². The SMILES string of the molecule is CC(CN(C(=O)CN1C(=O)c2ccccc2N2C(=O)CCC12C)C1CC1)C(=O)O. The Kier molecular flexibility index (Phi) is 4.59. The van der Waals surface area contributed by atoms with Gasteiger partial charge in [0, 0.05) is 19.0 Å². The predicted molar refractivity (Wildman–Crippen MR) is 104 cm³/mol. The molecule has 2 aliphatic heterocycles. The maximum atomic E-state index is 13.3. The van der Waals surface area contributed by atoms with E-state index in [0.29, 0.717) is 24.1 Å². The third-order valence-corrected chi connectivity index (χ3v) is 6.24. The van der Waals surface area contributed by atoms with Crippen LogP contribution in [-0.2, 0) is 14.4 Å². The van der Waals surface area contributed by atoms with E-state index in [2.05, 4.69) is 0 Å². The molecule has 2 heterocycles. The van der Waals surface area contributed by atoms with Crippen molar-refractivity contribution in [3.05, 3.63) is 29.8 Å². The number of benzene rings is 1. The van der Waals surface area contributed by atoms with Crippen molar-refractivity contribution in [1.29, 1.82) is 0 Å². The Morgan fingerprint density at radius 3 is 2.62 bits per heavy atom. The van der Waals surface area contributed by atoms with Gasteiger partial charge >= 0.3 is 5.97 Å². The third kappa shape index (κ3) is 3.16. The van der Waals surface area contributed by atoms with Crippen LogP contribution in [0.25, 0.3) is 0 Å². The summed E-state index contributed by atoms with van der Waals surface area (Å²) in [4.78, 5) is 55.0. The van der Waals surface area contributed by atoms with Crippen molar-refractivity contribution in [3.8, 4) is 0 Å². The number of amides is 3. The molecule has 0 aromatic heterocycles. The van der Waals surface area contributed by atoms with Gasteiger partial charge in [-0.05, 0) is 38.3 Å². The highest BCUT2D eigenvalue weighted by Crippen LogP contribution is 2.44. The van der Waals surface area contributed by atoms with Crippen molar-refractivity contribution in [2.75, 3.05) is 18.0 Å². The number of aliphatic carboxylic acids is 1. The average molecular weight is 399 g/mol. The van der Waals surface area contributed by atoms with Crippen molar-refractivity contribution in [2.24, 2.45) is 5.92 Å². The Morgan fingerprint density at radius 1 is 1.28 bits per heavy atom. The molecule has 0 spiro atoms. The topological polar surface area (TPSA) is 98.2 Å². The Balaban J connectivity index is 1.64. The average Bonchev–Trinajstić information content (AvgIpc) is 3.47. The molecule has 154 valence electrons. The van der Waals surface area contributed by atoms with Gasteiger partial charge in [-0.1, -0.05) is 19.1 Å². The number of para-hydroxylation sites is 1. The van der Waals surface area contributed by atoms with Crippen LogP contribution in [0.15, 0.2) is 24.3 Å². The molecule has 4 rings (SSSR count). The van der Waals surface area contributed by atoms with Gasteiger partial charge in [-0.25, -0.2) is 0 Å². The summed E-state index contributed by atoms with van der Waals surface area (Å²) in [7, 11) is 0. The fourth-order valence-corrected chi connectivity index (χ4v) is 4.38. The molecule has 1 N–H and O–H groups in total. The molecule has 0 radical (unpaired) electrons. The molecule has 3 amide bonds. The van der Waals surface area contributed by atoms with Crippen LogP contribution in [0.3, 0.4) is 0 Å². The van der Waals surface area contributed by atoms with Crippen LogP contribution in [0.2, 0.25) is 0 Å². The molecule has 29 heavy (non-hydrogen) atoms. The van der Waals surface area contributed by atoms with Crippen LogP contribution in [0.1, 0.15) is 49.9 Å². The lowest BCUT2D eigenvalue weighted by Gasteiger charge is -2.48. The first-order valence-electron chi connectivity index (χ1n) is 10.0. The van der Waals surface area contributed by atoms with Gasteiger partial charge in [-0.15, -0.1) is 0 Å². The Morgan fingerprint density at radius 2 is 1.97 bits per heavy atom. The van der Waals surface area contributed by atoms with E-state index in [4.69, 9.17) is 0 Å². The molecule has 8 heteroatoms. The molecule has 1 aliphatic carbocycles. The Hall–Kier alpha value is -2.90. The first-order chi connectivity index (χ1) is 13.7. The van der Waals surface area contributed by atoms with Crippen molar-refractivity contribution in [1.82, 2.24) is 9.80 Å². The molecular formula is C21H25N3O5. The smallest absolute Gasteiger partial charge is 0.308 e. The monoisotopic (exact) mass is 399 g/mol. The maximum absolute atomic E-state index is 13.3. The van der Waals surface area contributed by atoms with Crippen LogP contribution in [0, 0.1) is 5.92 Å². The van der Waals surface area contributed by atoms with Crippen molar-refractivity contribution < 1.29 is 24.3 Å². The van der Waals surface area contributed by atoms with E-state index >= 15 is 0 Å². The normalized spacial score (nSPS) is 24.2. The van der Waals surface area contributed by atoms with Gasteiger partial charge in [0.05, 0.1) is 17.2 Å². The number of nitrogens with zero attached hydrogens (tertiary/aromatic N) is 3. The molecule has 1 aromatic carbocycles. The van der Waals surface area contributed by atoms with Crippen LogP contribution in [0.5, 0.6) is 0 Å². The number of anilines is 1. The van der Waals surface area contributed by atoms with Crippen molar-refractivity contribution in [2.45, 2.75) is 51.2 Å². The standard InChI is InChI=1S/C21H25N3O5/c1-13(20(28)29)11-22(14-7-8-14)18(26)12-23-19(27)15-5-3-4-6-16(15)24-17(25)9-10-21(23,24)2/h3-6,13-14H,7-12H2,1-2H3,(H,28,29). The largest absolute Gasteiger partial charge is 0.481 e. The Bertz CT molecular complexity index is 896. The van der Waals surface area contributed by atoms with E-state index in [9.17, 15) is 24.3 Å². The number of rotatable bonds is 6. The highest BCUT2D eigenvalue weighted by molar-refractivity contribution is 6.11. The fraction of sp³-hybridized carbons (Fsp3) is 0.524. The zero-order valence-corrected chi connectivity index (χ0v) is 16.6. The minimum Gasteiger partial charge on any atom is -0.481 e. The molecule has 2 atom stereocenters. The second kappa shape index (κ2) is 6.86. The van der Waals surface area contributed by atoms with Gasteiger partial charge in [0.15, 0.2) is 0 Å². The predicted octanol–water partition coefficient (Wildman–Crippen LogP) is 1.70. The summed E-state index contributed by atoms with van der Waals surface area (Å²) < 4.78 is 0. The van der Waals surface area contributed by atoms with E-state index in [1.165, 1.54) is 4.90 Å². The van der Waals surface area contributed by atoms with Crippen LogP contribution in [-0.4, -0.2) is 63.4 Å². The summed E-state index contributed by atoms with van der Waals surface area (Å²) in [5.41, 5.74) is 0.0980. The van der Waals surface area contributed by atoms with Gasteiger partial charge in [0.2, 0.25) is 11.8 Å². The lowest BCUT2D eigenvalue weighted by Crippen LogP contribution is -2.64. The summed E-state index contributed by atoms with van der Waals surface area (Å²) >= 11 is 0. The molecular weight excluding hydrogens is 374 g/mol. The number of carbonyl (C=O) groups excluding carboxylic acids is 3. The molecule has 0 bridgehead atoms. The number of carboxylic acid groups (broad SMARTS) is 1. The quantitative estimate of drug-likeness (QED) is 0.785. The number of hydrogen-bond acceptors (Lipinski definition) is 4. The zero-order valence-electron chi connectivity index (χ0n) is 16.6. The van der Waals surface area contributed by atoms with Crippen LogP contribution < -0.4 is 4.90 Å². The number of hydrogen-bond donors (Lipinski definition) is 1. The third-order valence-electron chi connectivity index (χ3n) is 6.24. The first-order valence-corrected chi connectivity index (χ1v) is 10.0. The van der Waals surface area contributed by atoms with Crippen LogP contribution in [0.4, 0.5) is 5.69 Å². The van der Waals surface area contributed by atoms with E-state index in [-0.39, 0.29) is 36.9 Å². The van der Waals surface area contributed by atoms with Gasteiger partial charge in [0.1, 0.15) is 12.2 Å². The zero-order chi connectivity index (χ0) is 20.9. The molecule has 8 nitrogen and oxygen atoms in total. The van der Waals surface area contributed by atoms with E-state index in [0.717, 1.165) is 12.8 Å². The Labute approximate surface area is 169 Å². The maximum Gasteiger partial charge on any atom is 0.308 e. The van der Waals surface area contributed by atoms with E-state index in [1.54, 1.807) is 41.0 Å². The van der Waals surface area contributed by atoms with Crippen LogP contribution >= 0.6 is 0 Å². The highest BCUT2D eigenvalue weighted by atomic mass is 16.4. The number of fused-ring (bicyclic) bond motifs is 3.